The van der Waals surface area contributed by atoms with E-state index >= 15 is 0 Å². The molecule has 2 amide bonds. The normalized spacial score (nSPS) is 17.7. The molecule has 29 heavy (non-hydrogen) atoms. The molecule has 1 saturated heterocycles. The Morgan fingerprint density at radius 3 is 2.66 bits per heavy atom. The maximum absolute atomic E-state index is 13.2. The average Bonchev–Trinajstić information content (AvgIpc) is 2.68. The molecular formula is C20H23ClFN3O3S. The largest absolute Gasteiger partial charge is 0.338 e. The fourth-order valence-corrected chi connectivity index (χ4v) is 5.33. The number of carbonyl (C=O) groups excluding carboxylic acids is 1. The topological polar surface area (TPSA) is 78.5 Å². The average molecular weight is 440 g/mol. The zero-order chi connectivity index (χ0) is 20.9. The van der Waals surface area contributed by atoms with Gasteiger partial charge in [-0.1, -0.05) is 24.1 Å². The third-order valence-electron chi connectivity index (χ3n) is 4.84. The van der Waals surface area contributed by atoms with E-state index in [1.165, 1.54) is 16.4 Å². The van der Waals surface area contributed by atoms with E-state index in [0.29, 0.717) is 30.2 Å². The van der Waals surface area contributed by atoms with Crippen molar-refractivity contribution < 1.29 is 17.6 Å². The van der Waals surface area contributed by atoms with Crippen LogP contribution in [0, 0.1) is 5.82 Å². The maximum atomic E-state index is 13.2. The van der Waals surface area contributed by atoms with Crippen molar-refractivity contribution in [1.29, 1.82) is 0 Å². The Morgan fingerprint density at radius 1 is 1.17 bits per heavy atom. The highest BCUT2D eigenvalue weighted by Crippen LogP contribution is 2.27. The second-order valence-electron chi connectivity index (χ2n) is 6.90. The van der Waals surface area contributed by atoms with E-state index in [9.17, 15) is 17.6 Å². The van der Waals surface area contributed by atoms with Crippen LogP contribution in [0.2, 0.25) is 5.02 Å². The van der Waals surface area contributed by atoms with Gasteiger partial charge in [0.1, 0.15) is 5.82 Å². The Hall–Kier alpha value is -2.16. The highest BCUT2D eigenvalue weighted by molar-refractivity contribution is 7.89. The second-order valence-corrected chi connectivity index (χ2v) is 9.23. The molecule has 1 heterocycles. The van der Waals surface area contributed by atoms with E-state index in [1.807, 2.05) is 0 Å². The molecule has 0 saturated carbocycles. The maximum Gasteiger partial charge on any atom is 0.319 e. The number of halogens is 2. The van der Waals surface area contributed by atoms with E-state index in [1.54, 1.807) is 24.3 Å². The van der Waals surface area contributed by atoms with Gasteiger partial charge in [-0.05, 0) is 61.7 Å². The number of anilines is 1. The van der Waals surface area contributed by atoms with E-state index in [4.69, 9.17) is 11.6 Å². The SMILES string of the molecule is O=C(NCC[C@@H]1CCCCN1S(=O)(=O)c1ccc(F)cc1)Nc1cccc(Cl)c1. The summed E-state index contributed by atoms with van der Waals surface area (Å²) in [7, 11) is -3.71. The van der Waals surface area contributed by atoms with E-state index < -0.39 is 15.8 Å². The smallest absolute Gasteiger partial charge is 0.319 e. The number of amides is 2. The molecular weight excluding hydrogens is 417 g/mol. The first-order valence-electron chi connectivity index (χ1n) is 9.44. The molecule has 2 N–H and O–H groups in total. The van der Waals surface area contributed by atoms with Gasteiger partial charge >= 0.3 is 6.03 Å². The van der Waals surface area contributed by atoms with Crippen molar-refractivity contribution in [3.05, 3.63) is 59.4 Å². The fraction of sp³-hybridized carbons (Fsp3) is 0.350. The Balaban J connectivity index is 1.58. The predicted octanol–water partition coefficient (Wildman–Crippen LogP) is 4.23. The van der Waals surface area contributed by atoms with Crippen LogP contribution in [0.15, 0.2) is 53.4 Å². The van der Waals surface area contributed by atoms with Crippen molar-refractivity contribution in [3.63, 3.8) is 0 Å². The molecule has 0 aliphatic carbocycles. The molecule has 1 aliphatic rings. The molecule has 9 heteroatoms. The number of benzene rings is 2. The third-order valence-corrected chi connectivity index (χ3v) is 7.04. The van der Waals surface area contributed by atoms with E-state index in [2.05, 4.69) is 10.6 Å². The van der Waals surface area contributed by atoms with Crippen LogP contribution in [0.1, 0.15) is 25.7 Å². The lowest BCUT2D eigenvalue weighted by Crippen LogP contribution is -2.45. The zero-order valence-electron chi connectivity index (χ0n) is 15.8. The molecule has 1 aliphatic heterocycles. The van der Waals surface area contributed by atoms with Gasteiger partial charge in [0.15, 0.2) is 0 Å². The Bertz CT molecular complexity index is 954. The lowest BCUT2D eigenvalue weighted by atomic mass is 10.0. The van der Waals surface area contributed by atoms with E-state index in [-0.39, 0.29) is 17.0 Å². The highest BCUT2D eigenvalue weighted by atomic mass is 35.5. The Labute approximate surface area is 175 Å². The number of hydrogen-bond donors (Lipinski definition) is 2. The lowest BCUT2D eigenvalue weighted by molar-refractivity contribution is 0.234. The molecule has 0 bridgehead atoms. The van der Waals surface area contributed by atoms with Crippen molar-refractivity contribution in [1.82, 2.24) is 9.62 Å². The third kappa shape index (κ3) is 5.68. The number of urea groups is 1. The minimum atomic E-state index is -3.71. The number of nitrogens with one attached hydrogen (secondary N) is 2. The van der Waals surface area contributed by atoms with Gasteiger partial charge in [0.05, 0.1) is 4.90 Å². The van der Waals surface area contributed by atoms with Crippen molar-refractivity contribution in [2.75, 3.05) is 18.4 Å². The van der Waals surface area contributed by atoms with Crippen LogP contribution in [-0.4, -0.2) is 37.9 Å². The molecule has 0 unspecified atom stereocenters. The molecule has 1 atom stereocenters. The van der Waals surface area contributed by atoms with Crippen LogP contribution in [0.4, 0.5) is 14.9 Å². The van der Waals surface area contributed by atoms with Gasteiger partial charge in [-0.2, -0.15) is 4.31 Å². The van der Waals surface area contributed by atoms with Crippen molar-refractivity contribution in [2.45, 2.75) is 36.6 Å². The summed E-state index contributed by atoms with van der Waals surface area (Å²) in [6.45, 7) is 0.742. The summed E-state index contributed by atoms with van der Waals surface area (Å²) in [5.74, 6) is -0.478. The fourth-order valence-electron chi connectivity index (χ4n) is 3.41. The number of carbonyl (C=O) groups is 1. The quantitative estimate of drug-likeness (QED) is 0.706. The molecule has 156 valence electrons. The van der Waals surface area contributed by atoms with Crippen LogP contribution in [0.5, 0.6) is 0 Å². The molecule has 2 aromatic carbocycles. The van der Waals surface area contributed by atoms with Crippen LogP contribution < -0.4 is 10.6 Å². The summed E-state index contributed by atoms with van der Waals surface area (Å²) in [5, 5.41) is 5.96. The molecule has 3 rings (SSSR count). The summed E-state index contributed by atoms with van der Waals surface area (Å²) in [5.41, 5.74) is 0.577. The minimum Gasteiger partial charge on any atom is -0.338 e. The van der Waals surface area contributed by atoms with Gasteiger partial charge in [0.2, 0.25) is 10.0 Å². The van der Waals surface area contributed by atoms with Gasteiger partial charge in [0, 0.05) is 29.8 Å². The first kappa shape index (κ1) is 21.5. The standard InChI is InChI=1S/C20H23ClFN3O3S/c21-15-4-3-5-17(14-15)24-20(26)23-12-11-18-6-1-2-13-25(18)29(27,28)19-9-7-16(22)8-10-19/h3-5,7-10,14,18H,1-2,6,11-13H2,(H2,23,24,26)/t18-/m0/s1. The van der Waals surface area contributed by atoms with Crippen LogP contribution >= 0.6 is 11.6 Å². The van der Waals surface area contributed by atoms with Gasteiger partial charge < -0.3 is 10.6 Å². The van der Waals surface area contributed by atoms with Gasteiger partial charge in [-0.25, -0.2) is 17.6 Å². The second kappa shape index (κ2) is 9.56. The Morgan fingerprint density at radius 2 is 1.93 bits per heavy atom. The van der Waals surface area contributed by atoms with Crippen LogP contribution in [-0.2, 0) is 10.0 Å². The number of nitrogens with zero attached hydrogens (tertiary/aromatic N) is 1. The van der Waals surface area contributed by atoms with Crippen molar-refractivity contribution in [2.24, 2.45) is 0 Å². The van der Waals surface area contributed by atoms with Gasteiger partial charge in [0.25, 0.3) is 0 Å². The summed E-state index contributed by atoms with van der Waals surface area (Å²) >= 11 is 5.90. The first-order valence-corrected chi connectivity index (χ1v) is 11.3. The zero-order valence-corrected chi connectivity index (χ0v) is 17.3. The monoisotopic (exact) mass is 439 g/mol. The lowest BCUT2D eigenvalue weighted by Gasteiger charge is -2.34. The first-order chi connectivity index (χ1) is 13.9. The molecule has 6 nitrogen and oxygen atoms in total. The summed E-state index contributed by atoms with van der Waals surface area (Å²) in [6, 6.07) is 11.1. The van der Waals surface area contributed by atoms with Gasteiger partial charge in [-0.3, -0.25) is 0 Å². The summed E-state index contributed by atoms with van der Waals surface area (Å²) < 4.78 is 40.6. The molecule has 0 radical (unpaired) electrons. The van der Waals surface area contributed by atoms with Crippen molar-refractivity contribution >= 4 is 33.3 Å². The van der Waals surface area contributed by atoms with E-state index in [0.717, 1.165) is 31.4 Å². The molecule has 2 aromatic rings. The van der Waals surface area contributed by atoms with Gasteiger partial charge in [-0.15, -0.1) is 0 Å². The number of sulfonamides is 1. The number of hydrogen-bond acceptors (Lipinski definition) is 3. The number of rotatable bonds is 6. The number of piperidine rings is 1. The Kier molecular flexibility index (Phi) is 7.10. The van der Waals surface area contributed by atoms with Crippen molar-refractivity contribution in [3.8, 4) is 0 Å². The predicted molar refractivity (Wildman–Crippen MR) is 111 cm³/mol. The summed E-state index contributed by atoms with van der Waals surface area (Å²) in [4.78, 5) is 12.1. The van der Waals surface area contributed by atoms with Crippen LogP contribution in [0.3, 0.4) is 0 Å². The highest BCUT2D eigenvalue weighted by Gasteiger charge is 2.33. The van der Waals surface area contributed by atoms with Crippen LogP contribution in [0.25, 0.3) is 0 Å². The molecule has 0 spiro atoms. The molecule has 0 aromatic heterocycles. The minimum absolute atomic E-state index is 0.0810. The summed E-state index contributed by atoms with van der Waals surface area (Å²) in [6.07, 6.45) is 2.91. The molecule has 1 fully saturated rings.